The molecule has 0 radical (unpaired) electrons. The van der Waals surface area contributed by atoms with Crippen LogP contribution >= 0.6 is 0 Å². The third-order valence-electron chi connectivity index (χ3n) is 1.75. The molecule has 0 aliphatic rings. The molecule has 0 heterocycles. The van der Waals surface area contributed by atoms with Crippen LogP contribution in [0.4, 0.5) is 0 Å². The minimum atomic E-state index is 0.00313. The van der Waals surface area contributed by atoms with Gasteiger partial charge in [-0.05, 0) is 11.5 Å². The van der Waals surface area contributed by atoms with E-state index in [0.29, 0.717) is 11.3 Å². The quantitative estimate of drug-likeness (QED) is 0.464. The van der Waals surface area contributed by atoms with E-state index in [1.54, 1.807) is 26.0 Å². The first kappa shape index (κ1) is 9.33. The molecular weight excluding hydrogens is 165 g/mol. The fourth-order valence-electron chi connectivity index (χ4n) is 1.03. The van der Waals surface area contributed by atoms with Crippen LogP contribution in [-0.4, -0.2) is 20.7 Å². The second-order valence-electron chi connectivity index (χ2n) is 2.54. The fourth-order valence-corrected chi connectivity index (χ4v) is 1.03. The Morgan fingerprint density at radius 1 is 1.62 bits per heavy atom. The van der Waals surface area contributed by atoms with Crippen LogP contribution in [0.1, 0.15) is 10.4 Å². The van der Waals surface area contributed by atoms with Crippen molar-refractivity contribution in [1.29, 1.82) is 5.26 Å². The average Bonchev–Trinajstić information content (AvgIpc) is 2.16. The first-order chi connectivity index (χ1) is 6.29. The molecular formula is C9H8BNO2. The van der Waals surface area contributed by atoms with Crippen molar-refractivity contribution in [1.82, 2.24) is 0 Å². The number of aldehydes is 1. The predicted octanol–water partition coefficient (Wildman–Crippen LogP) is -0.340. The zero-order valence-electron chi connectivity index (χ0n) is 7.28. The largest absolute Gasteiger partial charge is 0.479 e. The van der Waals surface area contributed by atoms with E-state index in [0.717, 1.165) is 11.7 Å². The van der Waals surface area contributed by atoms with E-state index in [-0.39, 0.29) is 6.61 Å². The highest BCUT2D eigenvalue weighted by atomic mass is 16.5. The predicted molar refractivity (Wildman–Crippen MR) is 51.1 cm³/mol. The van der Waals surface area contributed by atoms with Crippen molar-refractivity contribution < 1.29 is 9.53 Å². The Balaban J connectivity index is 2.95. The van der Waals surface area contributed by atoms with E-state index in [4.69, 9.17) is 10.00 Å². The molecule has 1 aromatic rings. The monoisotopic (exact) mass is 173 g/mol. The number of hydrogen-bond acceptors (Lipinski definition) is 3. The summed E-state index contributed by atoms with van der Waals surface area (Å²) in [5.41, 5.74) is 1.36. The van der Waals surface area contributed by atoms with Crippen molar-refractivity contribution in [2.75, 3.05) is 6.61 Å². The molecule has 3 nitrogen and oxygen atoms in total. The molecule has 0 bridgehead atoms. The second kappa shape index (κ2) is 4.32. The Labute approximate surface area is 77.3 Å². The second-order valence-corrected chi connectivity index (χ2v) is 2.54. The van der Waals surface area contributed by atoms with Gasteiger partial charge in [0.05, 0.1) is 0 Å². The van der Waals surface area contributed by atoms with Crippen LogP contribution in [0, 0.1) is 11.3 Å². The third kappa shape index (κ3) is 2.09. The van der Waals surface area contributed by atoms with Gasteiger partial charge in [-0.1, -0.05) is 12.1 Å². The lowest BCUT2D eigenvalue weighted by Crippen LogP contribution is -2.14. The molecule has 64 valence electrons. The van der Waals surface area contributed by atoms with Gasteiger partial charge in [-0.25, -0.2) is 0 Å². The molecule has 0 aliphatic heterocycles. The van der Waals surface area contributed by atoms with Gasteiger partial charge >= 0.3 is 0 Å². The SMILES string of the molecule is Bc1c(C=O)cccc1OCC#N. The lowest BCUT2D eigenvalue weighted by atomic mass is 9.90. The number of nitrogens with zero attached hydrogens (tertiary/aromatic N) is 1. The normalized spacial score (nSPS) is 8.85. The summed E-state index contributed by atoms with van der Waals surface area (Å²) in [6.45, 7) is 0.00313. The van der Waals surface area contributed by atoms with Crippen LogP contribution in [0.15, 0.2) is 18.2 Å². The molecule has 0 N–H and O–H groups in total. The van der Waals surface area contributed by atoms with Crippen LogP contribution < -0.4 is 10.2 Å². The Morgan fingerprint density at radius 2 is 2.38 bits per heavy atom. The summed E-state index contributed by atoms with van der Waals surface area (Å²) in [6.07, 6.45) is 0.772. The zero-order valence-corrected chi connectivity index (χ0v) is 7.28. The van der Waals surface area contributed by atoms with E-state index in [2.05, 4.69) is 0 Å². The fraction of sp³-hybridized carbons (Fsp3) is 0.111. The maximum atomic E-state index is 10.5. The molecule has 0 aromatic heterocycles. The van der Waals surface area contributed by atoms with Gasteiger partial charge in [0.25, 0.3) is 0 Å². The first-order valence-corrected chi connectivity index (χ1v) is 3.84. The molecule has 0 saturated carbocycles. The molecule has 0 unspecified atom stereocenters. The van der Waals surface area contributed by atoms with Gasteiger partial charge in [-0.15, -0.1) is 0 Å². The van der Waals surface area contributed by atoms with E-state index in [1.807, 2.05) is 6.07 Å². The third-order valence-corrected chi connectivity index (χ3v) is 1.75. The summed E-state index contributed by atoms with van der Waals surface area (Å²) >= 11 is 0. The van der Waals surface area contributed by atoms with Gasteiger partial charge < -0.3 is 4.74 Å². The lowest BCUT2D eigenvalue weighted by molar-refractivity contribution is 0.112. The molecule has 0 aliphatic carbocycles. The summed E-state index contributed by atoms with van der Waals surface area (Å²) in [7, 11) is 1.79. The van der Waals surface area contributed by atoms with Gasteiger partial charge in [-0.3, -0.25) is 4.79 Å². The van der Waals surface area contributed by atoms with Crippen molar-refractivity contribution in [3.8, 4) is 11.8 Å². The van der Waals surface area contributed by atoms with Crippen molar-refractivity contribution >= 4 is 19.6 Å². The van der Waals surface area contributed by atoms with E-state index >= 15 is 0 Å². The number of carbonyl (C=O) groups is 1. The molecule has 0 spiro atoms. The number of ether oxygens (including phenoxy) is 1. The molecule has 0 amide bonds. The topological polar surface area (TPSA) is 50.1 Å². The van der Waals surface area contributed by atoms with Gasteiger partial charge in [-0.2, -0.15) is 5.26 Å². The van der Waals surface area contributed by atoms with Crippen LogP contribution in [0.5, 0.6) is 5.75 Å². The smallest absolute Gasteiger partial charge is 0.174 e. The summed E-state index contributed by atoms with van der Waals surface area (Å²) < 4.78 is 5.11. The molecule has 1 aromatic carbocycles. The summed E-state index contributed by atoms with van der Waals surface area (Å²) in [4.78, 5) is 10.5. The maximum Gasteiger partial charge on any atom is 0.174 e. The number of nitriles is 1. The summed E-state index contributed by atoms with van der Waals surface area (Å²) in [5, 5.41) is 8.30. The van der Waals surface area contributed by atoms with E-state index in [1.165, 1.54) is 0 Å². The average molecular weight is 173 g/mol. The Kier molecular flexibility index (Phi) is 3.10. The number of carbonyl (C=O) groups excluding carboxylic acids is 1. The van der Waals surface area contributed by atoms with Crippen LogP contribution in [0.3, 0.4) is 0 Å². The van der Waals surface area contributed by atoms with Gasteiger partial charge in [0, 0.05) is 5.56 Å². The van der Waals surface area contributed by atoms with E-state index in [9.17, 15) is 4.79 Å². The Morgan fingerprint density at radius 3 is 3.00 bits per heavy atom. The van der Waals surface area contributed by atoms with Gasteiger partial charge in [0.2, 0.25) is 0 Å². The van der Waals surface area contributed by atoms with Crippen molar-refractivity contribution in [2.45, 2.75) is 0 Å². The van der Waals surface area contributed by atoms with Crippen molar-refractivity contribution in [2.24, 2.45) is 0 Å². The lowest BCUT2D eigenvalue weighted by Gasteiger charge is -2.06. The number of rotatable bonds is 3. The molecule has 0 atom stereocenters. The van der Waals surface area contributed by atoms with Crippen LogP contribution in [0.2, 0.25) is 0 Å². The number of benzene rings is 1. The molecule has 0 fully saturated rings. The van der Waals surface area contributed by atoms with Gasteiger partial charge in [0.15, 0.2) is 6.61 Å². The van der Waals surface area contributed by atoms with Crippen LogP contribution in [-0.2, 0) is 0 Å². The minimum Gasteiger partial charge on any atom is -0.479 e. The Hall–Kier alpha value is -1.76. The highest BCUT2D eigenvalue weighted by Crippen LogP contribution is 2.07. The highest BCUT2D eigenvalue weighted by molar-refractivity contribution is 6.37. The Bertz CT molecular complexity index is 357. The molecule has 13 heavy (non-hydrogen) atoms. The molecule has 4 heteroatoms. The highest BCUT2D eigenvalue weighted by Gasteiger charge is 2.02. The summed E-state index contributed by atoms with van der Waals surface area (Å²) in [5.74, 6) is 0.589. The summed E-state index contributed by atoms with van der Waals surface area (Å²) in [6, 6.07) is 7.04. The van der Waals surface area contributed by atoms with Crippen molar-refractivity contribution in [3.05, 3.63) is 23.8 Å². The molecule has 1 rings (SSSR count). The zero-order chi connectivity index (χ0) is 9.68. The number of hydrogen-bond donors (Lipinski definition) is 0. The first-order valence-electron chi connectivity index (χ1n) is 3.84. The maximum absolute atomic E-state index is 10.5. The van der Waals surface area contributed by atoms with Crippen molar-refractivity contribution in [3.63, 3.8) is 0 Å². The molecule has 0 saturated heterocycles. The van der Waals surface area contributed by atoms with E-state index < -0.39 is 0 Å². The van der Waals surface area contributed by atoms with Gasteiger partial charge in [0.1, 0.15) is 26.0 Å². The van der Waals surface area contributed by atoms with Crippen LogP contribution in [0.25, 0.3) is 0 Å². The standard InChI is InChI=1S/C9H8BNO2/c10-9-7(6-12)2-1-3-8(9)13-5-4-11/h1-3,6H,5,10H2. The minimum absolute atomic E-state index is 0.00313.